The van der Waals surface area contributed by atoms with Crippen LogP contribution in [0.5, 0.6) is 0 Å². The van der Waals surface area contributed by atoms with Crippen molar-refractivity contribution in [1.29, 1.82) is 0 Å². The van der Waals surface area contributed by atoms with E-state index in [-0.39, 0.29) is 17.8 Å². The molecule has 1 aromatic heterocycles. The van der Waals surface area contributed by atoms with E-state index < -0.39 is 0 Å². The Morgan fingerprint density at radius 1 is 1.39 bits per heavy atom. The van der Waals surface area contributed by atoms with Crippen LogP contribution in [0.25, 0.3) is 0 Å². The van der Waals surface area contributed by atoms with Crippen molar-refractivity contribution in [3.8, 4) is 0 Å². The molecule has 0 radical (unpaired) electrons. The predicted octanol–water partition coefficient (Wildman–Crippen LogP) is 0.981. The number of aromatic nitrogens is 3. The molecule has 18 heavy (non-hydrogen) atoms. The average Bonchev–Trinajstić information content (AvgIpc) is 3.15. The van der Waals surface area contributed by atoms with Gasteiger partial charge in [0, 0.05) is 19.1 Å². The number of H-pyrrole nitrogens is 1. The minimum absolute atomic E-state index is 0.143. The maximum absolute atomic E-state index is 11.8. The molecule has 2 N–H and O–H groups in total. The lowest BCUT2D eigenvalue weighted by atomic mass is 10.1. The first-order chi connectivity index (χ1) is 8.83. The summed E-state index contributed by atoms with van der Waals surface area (Å²) in [5, 5.41) is 9.62. The van der Waals surface area contributed by atoms with Gasteiger partial charge in [0.1, 0.15) is 5.82 Å². The molecule has 2 heterocycles. The second-order valence-corrected chi connectivity index (χ2v) is 5.02. The maximum Gasteiger partial charge on any atom is 0.291 e. The van der Waals surface area contributed by atoms with E-state index >= 15 is 0 Å². The molecule has 1 aliphatic carbocycles. The molecule has 1 saturated heterocycles. The van der Waals surface area contributed by atoms with Gasteiger partial charge in [-0.15, -0.1) is 5.10 Å². The molecule has 2 fully saturated rings. The standard InChI is InChI=1S/C12H18N4O2/c17-12(13-7-9-3-1-2-6-18-9)11-14-10(15-16-11)8-4-5-8/h8-9H,1-7H2,(H,13,17)(H,14,15,16). The average molecular weight is 250 g/mol. The van der Waals surface area contributed by atoms with Crippen molar-refractivity contribution in [2.45, 2.75) is 44.1 Å². The van der Waals surface area contributed by atoms with Crippen LogP contribution in [0.1, 0.15) is 54.5 Å². The molecule has 6 heteroatoms. The highest BCUT2D eigenvalue weighted by atomic mass is 16.5. The van der Waals surface area contributed by atoms with Crippen molar-refractivity contribution in [1.82, 2.24) is 20.5 Å². The summed E-state index contributed by atoms with van der Waals surface area (Å²) in [6.07, 6.45) is 5.74. The van der Waals surface area contributed by atoms with E-state index in [1.54, 1.807) is 0 Å². The summed E-state index contributed by atoms with van der Waals surface area (Å²) in [6, 6.07) is 0. The van der Waals surface area contributed by atoms with Gasteiger partial charge < -0.3 is 10.1 Å². The molecular weight excluding hydrogens is 232 g/mol. The summed E-state index contributed by atoms with van der Waals surface area (Å²) in [5.74, 6) is 1.36. The molecule has 0 aromatic carbocycles. The first-order valence-electron chi connectivity index (χ1n) is 6.65. The normalized spacial score (nSPS) is 23.9. The third kappa shape index (κ3) is 2.69. The lowest BCUT2D eigenvalue weighted by Crippen LogP contribution is -2.35. The first-order valence-corrected chi connectivity index (χ1v) is 6.65. The van der Waals surface area contributed by atoms with E-state index in [2.05, 4.69) is 20.5 Å². The number of amides is 1. The second kappa shape index (κ2) is 5.06. The van der Waals surface area contributed by atoms with Gasteiger partial charge in [0.25, 0.3) is 5.91 Å². The van der Waals surface area contributed by atoms with E-state index in [0.29, 0.717) is 12.5 Å². The van der Waals surface area contributed by atoms with Crippen molar-refractivity contribution in [2.24, 2.45) is 0 Å². The fraction of sp³-hybridized carbons (Fsp3) is 0.750. The summed E-state index contributed by atoms with van der Waals surface area (Å²) < 4.78 is 5.55. The molecule has 2 aliphatic rings. The Kier molecular flexibility index (Phi) is 3.27. The Labute approximate surface area is 106 Å². The molecule has 0 bridgehead atoms. The van der Waals surface area contributed by atoms with Crippen LogP contribution in [0, 0.1) is 0 Å². The molecule has 1 atom stereocenters. The predicted molar refractivity (Wildman–Crippen MR) is 64.3 cm³/mol. The molecular formula is C12H18N4O2. The Hall–Kier alpha value is -1.43. The van der Waals surface area contributed by atoms with E-state index in [9.17, 15) is 4.79 Å². The number of rotatable bonds is 4. The van der Waals surface area contributed by atoms with Crippen molar-refractivity contribution >= 4 is 5.91 Å². The fourth-order valence-electron chi connectivity index (χ4n) is 2.17. The molecule has 1 saturated carbocycles. The summed E-state index contributed by atoms with van der Waals surface area (Å²) in [6.45, 7) is 1.35. The molecule has 1 unspecified atom stereocenters. The Morgan fingerprint density at radius 2 is 2.28 bits per heavy atom. The Balaban J connectivity index is 1.50. The highest BCUT2D eigenvalue weighted by Crippen LogP contribution is 2.37. The van der Waals surface area contributed by atoms with E-state index in [4.69, 9.17) is 4.74 Å². The van der Waals surface area contributed by atoms with E-state index in [1.807, 2.05) is 0 Å². The molecule has 6 nitrogen and oxygen atoms in total. The molecule has 1 aliphatic heterocycles. The van der Waals surface area contributed by atoms with Gasteiger partial charge in [-0.1, -0.05) is 0 Å². The quantitative estimate of drug-likeness (QED) is 0.834. The SMILES string of the molecule is O=C(NCC1CCCCO1)c1n[nH]c(C2CC2)n1. The summed E-state index contributed by atoms with van der Waals surface area (Å²) >= 11 is 0. The van der Waals surface area contributed by atoms with Crippen LogP contribution >= 0.6 is 0 Å². The lowest BCUT2D eigenvalue weighted by Gasteiger charge is -2.22. The number of carbonyl (C=O) groups excluding carboxylic acids is 1. The molecule has 1 amide bonds. The molecule has 0 spiro atoms. The second-order valence-electron chi connectivity index (χ2n) is 5.02. The summed E-state index contributed by atoms with van der Waals surface area (Å²) in [4.78, 5) is 16.0. The number of nitrogens with one attached hydrogen (secondary N) is 2. The van der Waals surface area contributed by atoms with Crippen LogP contribution in [0.15, 0.2) is 0 Å². The number of nitrogens with zero attached hydrogens (tertiary/aromatic N) is 2. The zero-order chi connectivity index (χ0) is 12.4. The highest BCUT2D eigenvalue weighted by molar-refractivity contribution is 5.90. The number of ether oxygens (including phenoxy) is 1. The topological polar surface area (TPSA) is 79.9 Å². The maximum atomic E-state index is 11.8. The van der Waals surface area contributed by atoms with Gasteiger partial charge in [0.05, 0.1) is 6.10 Å². The van der Waals surface area contributed by atoms with Crippen LogP contribution in [-0.2, 0) is 4.74 Å². The highest BCUT2D eigenvalue weighted by Gasteiger charge is 2.28. The van der Waals surface area contributed by atoms with Crippen molar-refractivity contribution in [3.05, 3.63) is 11.6 Å². The zero-order valence-electron chi connectivity index (χ0n) is 10.3. The number of hydrogen-bond acceptors (Lipinski definition) is 4. The number of aromatic amines is 1. The first kappa shape index (κ1) is 11.6. The number of hydrogen-bond donors (Lipinski definition) is 2. The third-order valence-electron chi connectivity index (χ3n) is 3.43. The van der Waals surface area contributed by atoms with Crippen LogP contribution in [0.2, 0.25) is 0 Å². The van der Waals surface area contributed by atoms with Crippen molar-refractivity contribution < 1.29 is 9.53 Å². The lowest BCUT2D eigenvalue weighted by molar-refractivity contribution is 0.0168. The smallest absolute Gasteiger partial charge is 0.291 e. The van der Waals surface area contributed by atoms with Gasteiger partial charge in [-0.2, -0.15) is 0 Å². The molecule has 1 aromatic rings. The van der Waals surface area contributed by atoms with Crippen molar-refractivity contribution in [2.75, 3.05) is 13.2 Å². The van der Waals surface area contributed by atoms with E-state index in [0.717, 1.165) is 38.1 Å². The van der Waals surface area contributed by atoms with E-state index in [1.165, 1.54) is 6.42 Å². The van der Waals surface area contributed by atoms with Crippen molar-refractivity contribution in [3.63, 3.8) is 0 Å². The van der Waals surface area contributed by atoms with Gasteiger partial charge in [0.2, 0.25) is 5.82 Å². The van der Waals surface area contributed by atoms with Gasteiger partial charge in [-0.3, -0.25) is 9.89 Å². The summed E-state index contributed by atoms with van der Waals surface area (Å²) in [5.41, 5.74) is 0. The van der Waals surface area contributed by atoms with Gasteiger partial charge in [-0.05, 0) is 32.1 Å². The molecule has 3 rings (SSSR count). The van der Waals surface area contributed by atoms with Crippen LogP contribution < -0.4 is 5.32 Å². The Bertz CT molecular complexity index is 421. The van der Waals surface area contributed by atoms with Gasteiger partial charge in [-0.25, -0.2) is 4.98 Å². The third-order valence-corrected chi connectivity index (χ3v) is 3.43. The van der Waals surface area contributed by atoms with Gasteiger partial charge in [0.15, 0.2) is 0 Å². The van der Waals surface area contributed by atoms with Gasteiger partial charge >= 0.3 is 0 Å². The minimum atomic E-state index is -0.215. The number of carbonyl (C=O) groups is 1. The Morgan fingerprint density at radius 3 is 3.00 bits per heavy atom. The zero-order valence-corrected chi connectivity index (χ0v) is 10.3. The molecule has 98 valence electrons. The fourth-order valence-corrected chi connectivity index (χ4v) is 2.17. The summed E-state index contributed by atoms with van der Waals surface area (Å²) in [7, 11) is 0. The minimum Gasteiger partial charge on any atom is -0.376 e. The van der Waals surface area contributed by atoms with Crippen LogP contribution in [0.3, 0.4) is 0 Å². The van der Waals surface area contributed by atoms with Crippen LogP contribution in [0.4, 0.5) is 0 Å². The largest absolute Gasteiger partial charge is 0.376 e. The monoisotopic (exact) mass is 250 g/mol. The van der Waals surface area contributed by atoms with Crippen LogP contribution in [-0.4, -0.2) is 40.3 Å².